The molecule has 2 atom stereocenters. The zero-order chi connectivity index (χ0) is 12.7. The van der Waals surface area contributed by atoms with Crippen LogP contribution in [0.4, 0.5) is 0 Å². The van der Waals surface area contributed by atoms with E-state index in [9.17, 15) is 0 Å². The maximum absolute atomic E-state index is 2.31. The van der Waals surface area contributed by atoms with Crippen LogP contribution in [0, 0.1) is 11.8 Å². The zero-order valence-electron chi connectivity index (χ0n) is 10.8. The summed E-state index contributed by atoms with van der Waals surface area (Å²) in [5.74, 6) is 1.02. The van der Waals surface area contributed by atoms with Crippen molar-refractivity contribution >= 4 is 0 Å². The van der Waals surface area contributed by atoms with Gasteiger partial charge in [-0.3, -0.25) is 0 Å². The Hall–Kier alpha value is -2.08. The van der Waals surface area contributed by atoms with Crippen molar-refractivity contribution in [1.82, 2.24) is 0 Å². The van der Waals surface area contributed by atoms with Crippen LogP contribution >= 0.6 is 0 Å². The van der Waals surface area contributed by atoms with E-state index in [0.29, 0.717) is 11.8 Å². The molecule has 4 rings (SSSR count). The highest BCUT2D eigenvalue weighted by Crippen LogP contribution is 2.39. The molecule has 0 heteroatoms. The van der Waals surface area contributed by atoms with Gasteiger partial charge < -0.3 is 0 Å². The average Bonchev–Trinajstić information content (AvgIpc) is 3.05. The molecule has 92 valence electrons. The van der Waals surface area contributed by atoms with Crippen LogP contribution in [-0.2, 0) is 0 Å². The van der Waals surface area contributed by atoms with Crippen LogP contribution in [0.3, 0.4) is 0 Å². The summed E-state index contributed by atoms with van der Waals surface area (Å²) < 4.78 is 0. The summed E-state index contributed by atoms with van der Waals surface area (Å²) >= 11 is 0. The fourth-order valence-electron chi connectivity index (χ4n) is 3.27. The molecule has 0 aromatic rings. The third kappa shape index (κ3) is 1.76. The van der Waals surface area contributed by atoms with E-state index < -0.39 is 0 Å². The van der Waals surface area contributed by atoms with Gasteiger partial charge in [-0.05, 0) is 23.1 Å². The molecule has 0 fully saturated rings. The van der Waals surface area contributed by atoms with Gasteiger partial charge in [-0.1, -0.05) is 78.5 Å². The molecule has 0 saturated carbocycles. The van der Waals surface area contributed by atoms with Crippen molar-refractivity contribution in [1.29, 1.82) is 0 Å². The quantitative estimate of drug-likeness (QED) is 0.666. The monoisotopic (exact) mass is 244 g/mol. The molecule has 0 aromatic carbocycles. The van der Waals surface area contributed by atoms with E-state index in [-0.39, 0.29) is 0 Å². The molecule has 0 heterocycles. The van der Waals surface area contributed by atoms with Gasteiger partial charge in [0, 0.05) is 11.8 Å². The van der Waals surface area contributed by atoms with Crippen molar-refractivity contribution in [3.05, 3.63) is 95.2 Å². The molecule has 0 N–H and O–H groups in total. The first kappa shape index (κ1) is 10.8. The molecule has 0 amide bonds. The van der Waals surface area contributed by atoms with Gasteiger partial charge in [0.2, 0.25) is 0 Å². The van der Waals surface area contributed by atoms with Gasteiger partial charge in [-0.15, -0.1) is 0 Å². The van der Waals surface area contributed by atoms with Gasteiger partial charge >= 0.3 is 0 Å². The number of rotatable bonds is 2. The molecule has 0 nitrogen and oxygen atoms in total. The van der Waals surface area contributed by atoms with Crippen molar-refractivity contribution in [3.63, 3.8) is 0 Å². The van der Waals surface area contributed by atoms with E-state index in [1.807, 2.05) is 0 Å². The topological polar surface area (TPSA) is 0 Å². The van der Waals surface area contributed by atoms with Crippen LogP contribution in [0.1, 0.15) is 6.42 Å². The molecule has 0 aromatic heterocycles. The summed E-state index contributed by atoms with van der Waals surface area (Å²) in [6.45, 7) is 0. The summed E-state index contributed by atoms with van der Waals surface area (Å²) in [5.41, 5.74) is 5.91. The zero-order valence-corrected chi connectivity index (χ0v) is 10.8. The maximum atomic E-state index is 2.31. The number of allylic oxidation sites excluding steroid dienone is 16. The van der Waals surface area contributed by atoms with Crippen molar-refractivity contribution < 1.29 is 0 Å². The second kappa shape index (κ2) is 4.24. The third-order valence-electron chi connectivity index (χ3n) is 4.29. The minimum absolute atomic E-state index is 0.508. The summed E-state index contributed by atoms with van der Waals surface area (Å²) in [6.07, 6.45) is 27.9. The number of hydrogen-bond acceptors (Lipinski definition) is 0. The van der Waals surface area contributed by atoms with Gasteiger partial charge in [0.15, 0.2) is 0 Å². The van der Waals surface area contributed by atoms with Gasteiger partial charge in [-0.25, -0.2) is 0 Å². The largest absolute Gasteiger partial charge is 0.0732 e. The highest BCUT2D eigenvalue weighted by Gasteiger charge is 2.24. The van der Waals surface area contributed by atoms with Crippen LogP contribution in [-0.4, -0.2) is 0 Å². The summed E-state index contributed by atoms with van der Waals surface area (Å²) in [4.78, 5) is 0. The molecule has 0 spiro atoms. The van der Waals surface area contributed by atoms with Crippen molar-refractivity contribution in [2.45, 2.75) is 6.42 Å². The molecule has 0 bridgehead atoms. The number of fused-ring (bicyclic) bond motifs is 2. The minimum atomic E-state index is 0.508. The van der Waals surface area contributed by atoms with Gasteiger partial charge in [-0.2, -0.15) is 0 Å². The fourth-order valence-corrected chi connectivity index (χ4v) is 3.27. The Balaban J connectivity index is 1.59. The van der Waals surface area contributed by atoms with Crippen LogP contribution in [0.15, 0.2) is 95.2 Å². The lowest BCUT2D eigenvalue weighted by molar-refractivity contribution is 0.882. The predicted molar refractivity (Wildman–Crippen MR) is 80.5 cm³/mol. The van der Waals surface area contributed by atoms with Gasteiger partial charge in [0.25, 0.3) is 0 Å². The Kier molecular flexibility index (Phi) is 2.41. The molecular formula is C19H16. The predicted octanol–water partition coefficient (Wildman–Crippen LogP) is 4.59. The highest BCUT2D eigenvalue weighted by molar-refractivity contribution is 5.54. The molecule has 4 aliphatic carbocycles. The van der Waals surface area contributed by atoms with E-state index in [2.05, 4.69) is 72.9 Å². The third-order valence-corrected chi connectivity index (χ3v) is 4.29. The molecule has 4 aliphatic rings. The molecular weight excluding hydrogens is 228 g/mol. The standard InChI is InChI=1S/C19H16/c1-3-7-18-14(5-1)9-11-16(18)13-17-12-10-15-6-2-4-8-19(15)17/h1-12,14,19H,13H2. The normalized spacial score (nSPS) is 29.7. The van der Waals surface area contributed by atoms with Gasteiger partial charge in [0.05, 0.1) is 0 Å². The fraction of sp³-hybridized carbons (Fsp3) is 0.158. The van der Waals surface area contributed by atoms with Crippen LogP contribution in [0.2, 0.25) is 0 Å². The van der Waals surface area contributed by atoms with E-state index >= 15 is 0 Å². The summed E-state index contributed by atoms with van der Waals surface area (Å²) in [6, 6.07) is 0. The van der Waals surface area contributed by atoms with E-state index in [0.717, 1.165) is 6.42 Å². The Morgan fingerprint density at radius 1 is 0.789 bits per heavy atom. The van der Waals surface area contributed by atoms with E-state index in [1.54, 1.807) is 0 Å². The Bertz CT molecular complexity index is 654. The lowest BCUT2D eigenvalue weighted by atomic mass is 9.87. The van der Waals surface area contributed by atoms with Crippen LogP contribution in [0.5, 0.6) is 0 Å². The van der Waals surface area contributed by atoms with Crippen molar-refractivity contribution in [2.75, 3.05) is 0 Å². The van der Waals surface area contributed by atoms with Crippen LogP contribution in [0.25, 0.3) is 0 Å². The lowest BCUT2D eigenvalue weighted by Crippen LogP contribution is -2.03. The minimum Gasteiger partial charge on any atom is -0.0732 e. The molecule has 19 heavy (non-hydrogen) atoms. The summed E-state index contributed by atoms with van der Waals surface area (Å²) in [5, 5.41) is 0. The highest BCUT2D eigenvalue weighted by atomic mass is 14.3. The maximum Gasteiger partial charge on any atom is 0.0237 e. The Labute approximate surface area is 114 Å². The van der Waals surface area contributed by atoms with E-state index in [1.165, 1.54) is 22.3 Å². The molecule has 0 aliphatic heterocycles. The van der Waals surface area contributed by atoms with Crippen LogP contribution < -0.4 is 0 Å². The molecule has 0 saturated heterocycles. The van der Waals surface area contributed by atoms with Crippen molar-refractivity contribution in [3.8, 4) is 0 Å². The second-order valence-corrected chi connectivity index (χ2v) is 5.42. The first-order valence-corrected chi connectivity index (χ1v) is 6.93. The molecule has 0 radical (unpaired) electrons. The second-order valence-electron chi connectivity index (χ2n) is 5.42. The Morgan fingerprint density at radius 3 is 2.68 bits per heavy atom. The first-order valence-electron chi connectivity index (χ1n) is 6.93. The lowest BCUT2D eigenvalue weighted by Gasteiger charge is -2.17. The molecule has 2 unspecified atom stereocenters. The average molecular weight is 244 g/mol. The van der Waals surface area contributed by atoms with Crippen molar-refractivity contribution in [2.24, 2.45) is 11.8 Å². The van der Waals surface area contributed by atoms with E-state index in [4.69, 9.17) is 0 Å². The summed E-state index contributed by atoms with van der Waals surface area (Å²) in [7, 11) is 0. The SMILES string of the molecule is C1=CC2=CC=C(CC3=C4C=CC=CC4C=C3)C2C=C1. The Morgan fingerprint density at radius 2 is 1.68 bits per heavy atom. The van der Waals surface area contributed by atoms with Gasteiger partial charge in [0.1, 0.15) is 0 Å². The number of hydrogen-bond donors (Lipinski definition) is 0. The first-order chi connectivity index (χ1) is 9.42. The smallest absolute Gasteiger partial charge is 0.0237 e.